The number of likely N-dealkylation sites (tertiary alicyclic amines) is 1. The zero-order valence-electron chi connectivity index (χ0n) is 22.4. The van der Waals surface area contributed by atoms with Crippen LogP contribution in [-0.4, -0.2) is 50.1 Å². The lowest BCUT2D eigenvalue weighted by Gasteiger charge is -2.42. The molecule has 190 valence electrons. The van der Waals surface area contributed by atoms with E-state index in [0.29, 0.717) is 59.4 Å². The summed E-state index contributed by atoms with van der Waals surface area (Å²) in [5.41, 5.74) is 1.27. The van der Waals surface area contributed by atoms with Crippen LogP contribution in [0.2, 0.25) is 16.6 Å². The third-order valence-corrected chi connectivity index (χ3v) is 12.9. The van der Waals surface area contributed by atoms with Crippen LogP contribution >= 0.6 is 0 Å². The van der Waals surface area contributed by atoms with Gasteiger partial charge in [-0.3, -0.25) is 9.59 Å². The SMILES string of the molecule is CC(C)[Si](Oc1cccc(C(=O)C2CCN(C(=O)OC(C)(C)C)CC2)c1C=O)(C(C)C)C(C)C. The summed E-state index contributed by atoms with van der Waals surface area (Å²) in [6.07, 6.45) is 1.51. The molecule has 1 amide bonds. The van der Waals surface area contributed by atoms with Gasteiger partial charge in [-0.2, -0.15) is 0 Å². The van der Waals surface area contributed by atoms with Crippen LogP contribution in [0.15, 0.2) is 18.2 Å². The normalized spacial score (nSPS) is 15.7. The zero-order chi connectivity index (χ0) is 25.8. The summed E-state index contributed by atoms with van der Waals surface area (Å²) in [5.74, 6) is 0.229. The van der Waals surface area contributed by atoms with Gasteiger partial charge < -0.3 is 14.1 Å². The van der Waals surface area contributed by atoms with Gasteiger partial charge in [0.15, 0.2) is 12.1 Å². The molecule has 0 radical (unpaired) electrons. The Hall–Kier alpha value is -2.15. The Morgan fingerprint density at radius 2 is 1.53 bits per heavy atom. The van der Waals surface area contributed by atoms with Crippen LogP contribution in [0.3, 0.4) is 0 Å². The van der Waals surface area contributed by atoms with Gasteiger partial charge in [0.1, 0.15) is 11.4 Å². The summed E-state index contributed by atoms with van der Waals surface area (Å²) < 4.78 is 12.2. The Balaban J connectivity index is 2.26. The molecule has 34 heavy (non-hydrogen) atoms. The van der Waals surface area contributed by atoms with Crippen molar-refractivity contribution in [3.05, 3.63) is 29.3 Å². The molecule has 0 saturated carbocycles. The summed E-state index contributed by atoms with van der Waals surface area (Å²) in [6, 6.07) is 5.36. The number of carbonyl (C=O) groups excluding carboxylic acids is 3. The lowest BCUT2D eigenvalue weighted by atomic mass is 9.87. The van der Waals surface area contributed by atoms with Gasteiger partial charge in [0.25, 0.3) is 8.32 Å². The van der Waals surface area contributed by atoms with Gasteiger partial charge >= 0.3 is 6.09 Å². The molecule has 6 nitrogen and oxygen atoms in total. The van der Waals surface area contributed by atoms with Crippen LogP contribution in [0.1, 0.15) is 95.9 Å². The number of benzene rings is 1. The van der Waals surface area contributed by atoms with E-state index in [1.54, 1.807) is 11.0 Å². The Morgan fingerprint density at radius 1 is 1.00 bits per heavy atom. The van der Waals surface area contributed by atoms with Crippen molar-refractivity contribution in [1.29, 1.82) is 0 Å². The zero-order valence-corrected chi connectivity index (χ0v) is 23.4. The lowest BCUT2D eigenvalue weighted by molar-refractivity contribution is 0.0182. The molecule has 0 atom stereocenters. The minimum atomic E-state index is -2.28. The summed E-state index contributed by atoms with van der Waals surface area (Å²) in [4.78, 5) is 39.7. The van der Waals surface area contributed by atoms with Crippen molar-refractivity contribution in [2.45, 2.75) is 97.4 Å². The minimum Gasteiger partial charge on any atom is -0.542 e. The van der Waals surface area contributed by atoms with Gasteiger partial charge in [0, 0.05) is 24.6 Å². The average molecular weight is 490 g/mol. The van der Waals surface area contributed by atoms with Gasteiger partial charge in [0.05, 0.1) is 5.56 Å². The highest BCUT2D eigenvalue weighted by atomic mass is 28.4. The number of hydrogen-bond donors (Lipinski definition) is 0. The molecule has 1 aromatic rings. The molecule has 0 unspecified atom stereocenters. The first-order chi connectivity index (χ1) is 15.7. The molecule has 7 heteroatoms. The number of nitrogens with zero attached hydrogens (tertiary/aromatic N) is 1. The second kappa shape index (κ2) is 11.1. The lowest BCUT2D eigenvalue weighted by Crippen LogP contribution is -2.51. The van der Waals surface area contributed by atoms with Gasteiger partial charge in [0.2, 0.25) is 0 Å². The van der Waals surface area contributed by atoms with Gasteiger partial charge in [-0.15, -0.1) is 0 Å². The Bertz CT molecular complexity index is 858. The van der Waals surface area contributed by atoms with E-state index in [2.05, 4.69) is 41.5 Å². The van der Waals surface area contributed by atoms with Crippen LogP contribution in [-0.2, 0) is 4.74 Å². The maximum absolute atomic E-state index is 13.5. The number of piperidine rings is 1. The molecule has 1 saturated heterocycles. The molecule has 1 aromatic carbocycles. The van der Waals surface area contributed by atoms with E-state index in [-0.39, 0.29) is 17.8 Å². The van der Waals surface area contributed by atoms with Gasteiger partial charge in [-0.05, 0) is 56.3 Å². The maximum atomic E-state index is 13.5. The molecular formula is C27H43NO5Si. The molecular weight excluding hydrogens is 446 g/mol. The smallest absolute Gasteiger partial charge is 0.410 e. The number of carbonyl (C=O) groups is 3. The number of aldehydes is 1. The molecule has 2 rings (SSSR count). The number of rotatable bonds is 8. The van der Waals surface area contributed by atoms with Gasteiger partial charge in [-0.25, -0.2) is 4.79 Å². The fourth-order valence-electron chi connectivity index (χ4n) is 5.38. The van der Waals surface area contributed by atoms with Crippen LogP contribution in [0.4, 0.5) is 4.79 Å². The highest BCUT2D eigenvalue weighted by Gasteiger charge is 2.47. The quantitative estimate of drug-likeness (QED) is 0.226. The predicted molar refractivity (Wildman–Crippen MR) is 138 cm³/mol. The van der Waals surface area contributed by atoms with E-state index >= 15 is 0 Å². The fraction of sp³-hybridized carbons (Fsp3) is 0.667. The molecule has 0 N–H and O–H groups in total. The molecule has 1 fully saturated rings. The van der Waals surface area contributed by atoms with Gasteiger partial charge in [-0.1, -0.05) is 53.7 Å². The van der Waals surface area contributed by atoms with E-state index in [1.807, 2.05) is 32.9 Å². The van der Waals surface area contributed by atoms with E-state index in [4.69, 9.17) is 9.16 Å². The van der Waals surface area contributed by atoms with Crippen molar-refractivity contribution in [2.75, 3.05) is 13.1 Å². The first-order valence-electron chi connectivity index (χ1n) is 12.5. The number of amides is 1. The molecule has 1 aliphatic heterocycles. The first-order valence-corrected chi connectivity index (χ1v) is 14.7. The number of hydrogen-bond acceptors (Lipinski definition) is 5. The molecule has 0 aromatic heterocycles. The monoisotopic (exact) mass is 489 g/mol. The first kappa shape index (κ1) is 28.1. The minimum absolute atomic E-state index is 0.0534. The van der Waals surface area contributed by atoms with E-state index in [0.717, 1.165) is 6.29 Å². The fourth-order valence-corrected chi connectivity index (χ4v) is 10.7. The molecule has 1 aliphatic rings. The van der Waals surface area contributed by atoms with Crippen molar-refractivity contribution < 1.29 is 23.5 Å². The summed E-state index contributed by atoms with van der Waals surface area (Å²) in [5, 5.41) is 0. The third-order valence-electron chi connectivity index (χ3n) is 6.96. The Kier molecular flexibility index (Phi) is 9.14. The molecule has 1 heterocycles. The standard InChI is InChI=1S/C27H43NO5Si/c1-18(2)34(19(3)4,20(5)6)33-24-12-10-11-22(23(24)17-29)25(30)21-13-15-28(16-14-21)26(31)32-27(7,8)9/h10-12,17-21H,13-16H2,1-9H3. The van der Waals surface area contributed by atoms with Crippen LogP contribution in [0, 0.1) is 5.92 Å². The van der Waals surface area contributed by atoms with E-state index in [9.17, 15) is 14.4 Å². The highest BCUT2D eigenvalue weighted by Crippen LogP contribution is 2.43. The van der Waals surface area contributed by atoms with Crippen LogP contribution in [0.5, 0.6) is 5.75 Å². The predicted octanol–water partition coefficient (Wildman–Crippen LogP) is 6.88. The van der Waals surface area contributed by atoms with Crippen LogP contribution in [0.25, 0.3) is 0 Å². The second-order valence-corrected chi connectivity index (χ2v) is 16.7. The largest absolute Gasteiger partial charge is 0.542 e. The Labute approximate surface area is 206 Å². The maximum Gasteiger partial charge on any atom is 0.410 e. The van der Waals surface area contributed by atoms with Crippen LogP contribution < -0.4 is 4.43 Å². The highest BCUT2D eigenvalue weighted by molar-refractivity contribution is 6.78. The average Bonchev–Trinajstić information content (AvgIpc) is 2.74. The van der Waals surface area contributed by atoms with Crippen molar-refractivity contribution in [1.82, 2.24) is 4.90 Å². The molecule has 0 bridgehead atoms. The summed E-state index contributed by atoms with van der Waals surface area (Å²) in [7, 11) is -2.28. The van der Waals surface area contributed by atoms with Crippen molar-refractivity contribution >= 4 is 26.5 Å². The Morgan fingerprint density at radius 3 is 1.97 bits per heavy atom. The number of ketones is 1. The van der Waals surface area contributed by atoms with Crippen molar-refractivity contribution in [3.8, 4) is 5.75 Å². The molecule has 0 aliphatic carbocycles. The van der Waals surface area contributed by atoms with E-state index in [1.165, 1.54) is 0 Å². The summed E-state index contributed by atoms with van der Waals surface area (Å²) in [6.45, 7) is 19.6. The second-order valence-electron chi connectivity index (χ2n) is 11.4. The molecule has 0 spiro atoms. The third kappa shape index (κ3) is 6.09. The topological polar surface area (TPSA) is 72.9 Å². The van der Waals surface area contributed by atoms with Crippen molar-refractivity contribution in [3.63, 3.8) is 0 Å². The number of ether oxygens (including phenoxy) is 1. The van der Waals surface area contributed by atoms with Crippen molar-refractivity contribution in [2.24, 2.45) is 5.92 Å². The van der Waals surface area contributed by atoms with E-state index < -0.39 is 13.9 Å². The summed E-state index contributed by atoms with van der Waals surface area (Å²) >= 11 is 0. The number of Topliss-reactive ketones (excluding diaryl/α,β-unsaturated/α-hetero) is 1.